The van der Waals surface area contributed by atoms with E-state index in [0.29, 0.717) is 25.2 Å². The van der Waals surface area contributed by atoms with Crippen LogP contribution in [0, 0.1) is 5.82 Å². The lowest BCUT2D eigenvalue weighted by Gasteiger charge is -2.06. The Balaban J connectivity index is 2.29. The molecule has 0 fully saturated rings. The zero-order chi connectivity index (χ0) is 12.9. The Morgan fingerprint density at radius 3 is 2.59 bits per heavy atom. The fraction of sp³-hybridized carbons (Fsp3) is 0.400. The molecule has 0 amide bonds. The van der Waals surface area contributed by atoms with Crippen LogP contribution in [0.3, 0.4) is 0 Å². The van der Waals surface area contributed by atoms with E-state index in [4.69, 9.17) is 27.0 Å². The first-order chi connectivity index (χ1) is 7.88. The van der Waals surface area contributed by atoms with E-state index in [0.717, 1.165) is 0 Å². The highest BCUT2D eigenvalue weighted by molar-refractivity contribution is 8.13. The van der Waals surface area contributed by atoms with Gasteiger partial charge in [-0.1, -0.05) is 11.6 Å². The van der Waals surface area contributed by atoms with Crippen molar-refractivity contribution in [2.75, 3.05) is 12.4 Å². The van der Waals surface area contributed by atoms with E-state index in [1.165, 1.54) is 12.1 Å². The Bertz CT molecular complexity index is 476. The highest BCUT2D eigenvalue weighted by Gasteiger charge is 2.05. The summed E-state index contributed by atoms with van der Waals surface area (Å²) in [5.41, 5.74) is 0. The molecule has 0 atom stereocenters. The summed E-state index contributed by atoms with van der Waals surface area (Å²) in [6.45, 7) is 0.299. The van der Waals surface area contributed by atoms with Crippen LogP contribution in [0.15, 0.2) is 18.2 Å². The standard InChI is InChI=1S/C10H11Cl2FO3S/c11-9-4-3-8(7-10(9)13)16-5-1-2-6-17(12,14)15/h3-4,7H,1-2,5-6H2. The van der Waals surface area contributed by atoms with Crippen molar-refractivity contribution in [1.29, 1.82) is 0 Å². The fourth-order valence-corrected chi connectivity index (χ4v) is 2.13. The van der Waals surface area contributed by atoms with Gasteiger partial charge in [-0.3, -0.25) is 0 Å². The molecule has 1 rings (SSSR count). The molecule has 0 radical (unpaired) electrons. The van der Waals surface area contributed by atoms with Crippen LogP contribution in [0.25, 0.3) is 0 Å². The molecular weight excluding hydrogens is 290 g/mol. The summed E-state index contributed by atoms with van der Waals surface area (Å²) >= 11 is 5.50. The van der Waals surface area contributed by atoms with Gasteiger partial charge in [0.05, 0.1) is 17.4 Å². The lowest BCUT2D eigenvalue weighted by molar-refractivity contribution is 0.308. The van der Waals surface area contributed by atoms with E-state index in [9.17, 15) is 12.8 Å². The molecule has 0 unspecified atom stereocenters. The molecule has 1 aromatic rings. The number of rotatable bonds is 6. The second-order valence-corrected chi connectivity index (χ2v) is 6.68. The van der Waals surface area contributed by atoms with Crippen LogP contribution in [0.5, 0.6) is 5.75 Å². The van der Waals surface area contributed by atoms with Crippen LogP contribution >= 0.6 is 22.3 Å². The number of ether oxygens (including phenoxy) is 1. The van der Waals surface area contributed by atoms with E-state index in [1.54, 1.807) is 6.07 Å². The van der Waals surface area contributed by atoms with E-state index < -0.39 is 14.9 Å². The fourth-order valence-electron chi connectivity index (χ4n) is 1.13. The Labute approximate surface area is 109 Å². The van der Waals surface area contributed by atoms with E-state index in [-0.39, 0.29) is 10.8 Å². The smallest absolute Gasteiger partial charge is 0.232 e. The van der Waals surface area contributed by atoms with Gasteiger partial charge in [-0.05, 0) is 25.0 Å². The summed E-state index contributed by atoms with van der Waals surface area (Å²) in [6.07, 6.45) is 0.929. The predicted molar refractivity (Wildman–Crippen MR) is 65.8 cm³/mol. The van der Waals surface area contributed by atoms with Crippen molar-refractivity contribution in [3.8, 4) is 5.75 Å². The molecule has 3 nitrogen and oxygen atoms in total. The van der Waals surface area contributed by atoms with Gasteiger partial charge in [-0.15, -0.1) is 0 Å². The molecule has 0 saturated heterocycles. The van der Waals surface area contributed by atoms with Crippen molar-refractivity contribution >= 4 is 31.3 Å². The Morgan fingerprint density at radius 1 is 1.29 bits per heavy atom. The molecule has 0 heterocycles. The van der Waals surface area contributed by atoms with E-state index in [1.807, 2.05) is 0 Å². The van der Waals surface area contributed by atoms with Crippen LogP contribution in [0.4, 0.5) is 4.39 Å². The van der Waals surface area contributed by atoms with Crippen LogP contribution in [-0.2, 0) is 9.05 Å². The zero-order valence-corrected chi connectivity index (χ0v) is 11.2. The van der Waals surface area contributed by atoms with Crippen LogP contribution < -0.4 is 4.74 Å². The van der Waals surface area contributed by atoms with E-state index in [2.05, 4.69) is 0 Å². The highest BCUT2D eigenvalue weighted by atomic mass is 35.7. The normalized spacial score (nSPS) is 11.5. The molecular formula is C10H11Cl2FO3S. The molecule has 1 aromatic carbocycles. The quantitative estimate of drug-likeness (QED) is 0.598. The largest absolute Gasteiger partial charge is 0.493 e. The number of halogens is 3. The zero-order valence-electron chi connectivity index (χ0n) is 8.83. The van der Waals surface area contributed by atoms with Crippen LogP contribution in [0.1, 0.15) is 12.8 Å². The first-order valence-electron chi connectivity index (χ1n) is 4.89. The molecule has 0 aliphatic carbocycles. The van der Waals surface area contributed by atoms with Gasteiger partial charge < -0.3 is 4.74 Å². The third-order valence-corrected chi connectivity index (χ3v) is 3.49. The van der Waals surface area contributed by atoms with Gasteiger partial charge in [0, 0.05) is 16.7 Å². The minimum Gasteiger partial charge on any atom is -0.493 e. The molecule has 0 bridgehead atoms. The number of hydrogen-bond donors (Lipinski definition) is 0. The van der Waals surface area contributed by atoms with Gasteiger partial charge in [0.2, 0.25) is 9.05 Å². The summed E-state index contributed by atoms with van der Waals surface area (Å²) in [5.74, 6) is -0.277. The molecule has 0 saturated carbocycles. The van der Waals surface area contributed by atoms with Gasteiger partial charge in [0.25, 0.3) is 0 Å². The van der Waals surface area contributed by atoms with Gasteiger partial charge in [-0.2, -0.15) is 0 Å². The molecule has 7 heteroatoms. The molecule has 0 spiro atoms. The minimum absolute atomic E-state index is 0.0329. The summed E-state index contributed by atoms with van der Waals surface area (Å²) in [4.78, 5) is 0. The van der Waals surface area contributed by atoms with Crippen molar-refractivity contribution in [1.82, 2.24) is 0 Å². The number of benzene rings is 1. The van der Waals surface area contributed by atoms with E-state index >= 15 is 0 Å². The Morgan fingerprint density at radius 2 is 2.00 bits per heavy atom. The number of unbranched alkanes of at least 4 members (excludes halogenated alkanes) is 1. The lowest BCUT2D eigenvalue weighted by atomic mass is 10.3. The maximum absolute atomic E-state index is 13.0. The SMILES string of the molecule is O=S(=O)(Cl)CCCCOc1ccc(Cl)c(F)c1. The van der Waals surface area contributed by atoms with Crippen molar-refractivity contribution in [2.45, 2.75) is 12.8 Å². The molecule has 17 heavy (non-hydrogen) atoms. The molecule has 0 aliphatic heterocycles. The summed E-state index contributed by atoms with van der Waals surface area (Å²) in [5, 5.41) is 0.0329. The highest BCUT2D eigenvalue weighted by Crippen LogP contribution is 2.20. The molecule has 0 aliphatic rings. The lowest BCUT2D eigenvalue weighted by Crippen LogP contribution is -2.02. The summed E-state index contributed by atoms with van der Waals surface area (Å²) in [7, 11) is 1.59. The average molecular weight is 301 g/mol. The van der Waals surface area contributed by atoms with Gasteiger partial charge in [0.1, 0.15) is 11.6 Å². The van der Waals surface area contributed by atoms with Gasteiger partial charge in [-0.25, -0.2) is 12.8 Å². The van der Waals surface area contributed by atoms with Crippen molar-refractivity contribution < 1.29 is 17.5 Å². The van der Waals surface area contributed by atoms with Gasteiger partial charge >= 0.3 is 0 Å². The number of hydrogen-bond acceptors (Lipinski definition) is 3. The van der Waals surface area contributed by atoms with Gasteiger partial charge in [0.15, 0.2) is 0 Å². The maximum Gasteiger partial charge on any atom is 0.232 e. The Kier molecular flexibility index (Phi) is 5.49. The molecule has 0 N–H and O–H groups in total. The summed E-state index contributed by atoms with van der Waals surface area (Å²) < 4.78 is 39.4. The summed E-state index contributed by atoms with van der Waals surface area (Å²) in [6, 6.07) is 4.12. The molecule has 96 valence electrons. The second-order valence-electron chi connectivity index (χ2n) is 3.37. The first-order valence-corrected chi connectivity index (χ1v) is 7.74. The average Bonchev–Trinajstić information content (AvgIpc) is 2.21. The van der Waals surface area contributed by atoms with Crippen LogP contribution in [0.2, 0.25) is 5.02 Å². The molecule has 0 aromatic heterocycles. The maximum atomic E-state index is 13.0. The topological polar surface area (TPSA) is 43.4 Å². The second kappa shape index (κ2) is 6.42. The third kappa shape index (κ3) is 6.10. The van der Waals surface area contributed by atoms with Crippen molar-refractivity contribution in [3.63, 3.8) is 0 Å². The monoisotopic (exact) mass is 300 g/mol. The minimum atomic E-state index is -3.44. The first kappa shape index (κ1) is 14.5. The van der Waals surface area contributed by atoms with Crippen molar-refractivity contribution in [3.05, 3.63) is 29.0 Å². The predicted octanol–water partition coefficient (Wildman–Crippen LogP) is 3.21. The van der Waals surface area contributed by atoms with Crippen molar-refractivity contribution in [2.24, 2.45) is 0 Å². The Hall–Kier alpha value is -0.520. The third-order valence-electron chi connectivity index (χ3n) is 1.94. The van der Waals surface area contributed by atoms with Crippen LogP contribution in [-0.4, -0.2) is 20.8 Å².